The van der Waals surface area contributed by atoms with Gasteiger partial charge >= 0.3 is 0 Å². The van der Waals surface area contributed by atoms with Crippen LogP contribution in [0.2, 0.25) is 0 Å². The minimum absolute atomic E-state index is 0.145. The summed E-state index contributed by atoms with van der Waals surface area (Å²) >= 11 is 0. The van der Waals surface area contributed by atoms with Gasteiger partial charge in [0, 0.05) is 32.2 Å². The molecule has 0 fully saturated rings. The summed E-state index contributed by atoms with van der Waals surface area (Å²) in [6, 6.07) is 0. The Morgan fingerprint density at radius 1 is 1.57 bits per heavy atom. The zero-order chi connectivity index (χ0) is 11.0. The molecule has 0 heterocycles. The highest BCUT2D eigenvalue weighted by molar-refractivity contribution is 5.79. The molecule has 4 heteroatoms. The molecule has 0 radical (unpaired) electrons. The van der Waals surface area contributed by atoms with Gasteiger partial charge in [-0.1, -0.05) is 6.92 Å². The summed E-state index contributed by atoms with van der Waals surface area (Å²) in [5.41, 5.74) is 5.39. The standard InChI is InChI=1S/C10H23N3O/c1-4-14-7-5-6-13(3)8-9(2)10(11)12/h9H,4-8H2,1-3H3,(H3,11,12). The molecule has 0 bridgehead atoms. The number of rotatable bonds is 8. The molecule has 0 aliphatic heterocycles. The van der Waals surface area contributed by atoms with E-state index in [-0.39, 0.29) is 11.8 Å². The number of hydrogen-bond donors (Lipinski definition) is 2. The van der Waals surface area contributed by atoms with E-state index in [1.165, 1.54) is 0 Å². The Bertz CT molecular complexity index is 161. The number of nitrogens with two attached hydrogens (primary N) is 1. The molecule has 0 aliphatic carbocycles. The molecule has 0 saturated carbocycles. The van der Waals surface area contributed by atoms with Gasteiger partial charge in [-0.25, -0.2) is 0 Å². The number of ether oxygens (including phenoxy) is 1. The first-order valence-corrected chi connectivity index (χ1v) is 5.18. The summed E-state index contributed by atoms with van der Waals surface area (Å²) < 4.78 is 5.24. The van der Waals surface area contributed by atoms with E-state index in [4.69, 9.17) is 15.9 Å². The van der Waals surface area contributed by atoms with Crippen LogP contribution in [0.5, 0.6) is 0 Å². The summed E-state index contributed by atoms with van der Waals surface area (Å²) in [4.78, 5) is 2.19. The van der Waals surface area contributed by atoms with Crippen molar-refractivity contribution in [2.24, 2.45) is 11.7 Å². The van der Waals surface area contributed by atoms with E-state index in [0.717, 1.165) is 32.7 Å². The second-order valence-corrected chi connectivity index (χ2v) is 3.67. The van der Waals surface area contributed by atoms with Gasteiger partial charge in [-0.15, -0.1) is 0 Å². The summed E-state index contributed by atoms with van der Waals surface area (Å²) in [6.45, 7) is 7.42. The van der Waals surface area contributed by atoms with Crippen LogP contribution in [0.4, 0.5) is 0 Å². The Morgan fingerprint density at radius 2 is 2.21 bits per heavy atom. The van der Waals surface area contributed by atoms with Crippen molar-refractivity contribution >= 4 is 5.84 Å². The predicted molar refractivity (Wildman–Crippen MR) is 59.7 cm³/mol. The molecule has 0 amide bonds. The maximum atomic E-state index is 7.26. The lowest BCUT2D eigenvalue weighted by Crippen LogP contribution is -2.32. The smallest absolute Gasteiger partial charge is 0.0947 e. The molecule has 0 rings (SSSR count). The molecule has 1 atom stereocenters. The Kier molecular flexibility index (Phi) is 7.42. The van der Waals surface area contributed by atoms with E-state index < -0.39 is 0 Å². The predicted octanol–water partition coefficient (Wildman–Crippen LogP) is 0.917. The van der Waals surface area contributed by atoms with Crippen molar-refractivity contribution < 1.29 is 4.74 Å². The topological polar surface area (TPSA) is 62.3 Å². The van der Waals surface area contributed by atoms with Crippen LogP contribution in [0.25, 0.3) is 0 Å². The third kappa shape index (κ3) is 6.86. The Morgan fingerprint density at radius 3 is 2.71 bits per heavy atom. The molecule has 0 aromatic carbocycles. The number of nitrogens with one attached hydrogen (secondary N) is 1. The highest BCUT2D eigenvalue weighted by Gasteiger charge is 2.08. The zero-order valence-electron chi connectivity index (χ0n) is 9.55. The highest BCUT2D eigenvalue weighted by Crippen LogP contribution is 1.98. The number of amidine groups is 1. The van der Waals surface area contributed by atoms with E-state index >= 15 is 0 Å². The van der Waals surface area contributed by atoms with Crippen LogP contribution in [-0.2, 0) is 4.74 Å². The van der Waals surface area contributed by atoms with E-state index in [9.17, 15) is 0 Å². The van der Waals surface area contributed by atoms with Gasteiger partial charge in [0.25, 0.3) is 0 Å². The van der Waals surface area contributed by atoms with Crippen molar-refractivity contribution in [3.63, 3.8) is 0 Å². The van der Waals surface area contributed by atoms with E-state index in [1.54, 1.807) is 0 Å². The molecular formula is C10H23N3O. The van der Waals surface area contributed by atoms with Crippen LogP contribution in [0.1, 0.15) is 20.3 Å². The Balaban J connectivity index is 3.45. The molecule has 4 nitrogen and oxygen atoms in total. The van der Waals surface area contributed by atoms with Gasteiger partial charge in [-0.05, 0) is 20.4 Å². The first kappa shape index (κ1) is 13.4. The second kappa shape index (κ2) is 7.76. The average molecular weight is 201 g/mol. The maximum Gasteiger partial charge on any atom is 0.0947 e. The van der Waals surface area contributed by atoms with E-state index in [2.05, 4.69) is 4.90 Å². The van der Waals surface area contributed by atoms with Gasteiger partial charge in [0.2, 0.25) is 0 Å². The summed E-state index contributed by atoms with van der Waals surface area (Å²) in [7, 11) is 2.05. The van der Waals surface area contributed by atoms with Gasteiger partial charge in [0.15, 0.2) is 0 Å². The van der Waals surface area contributed by atoms with Gasteiger partial charge in [-0.2, -0.15) is 0 Å². The lowest BCUT2D eigenvalue weighted by atomic mass is 10.1. The fourth-order valence-corrected chi connectivity index (χ4v) is 1.24. The fourth-order valence-electron chi connectivity index (χ4n) is 1.24. The molecule has 14 heavy (non-hydrogen) atoms. The van der Waals surface area contributed by atoms with Crippen molar-refractivity contribution in [1.82, 2.24) is 4.90 Å². The zero-order valence-corrected chi connectivity index (χ0v) is 9.55. The first-order valence-electron chi connectivity index (χ1n) is 5.18. The van der Waals surface area contributed by atoms with Crippen molar-refractivity contribution in [3.8, 4) is 0 Å². The third-order valence-electron chi connectivity index (χ3n) is 2.15. The van der Waals surface area contributed by atoms with Crippen LogP contribution < -0.4 is 5.73 Å². The normalized spacial score (nSPS) is 13.1. The molecule has 0 spiro atoms. The maximum absolute atomic E-state index is 7.26. The van der Waals surface area contributed by atoms with Crippen molar-refractivity contribution in [1.29, 1.82) is 5.41 Å². The monoisotopic (exact) mass is 201 g/mol. The largest absolute Gasteiger partial charge is 0.387 e. The molecule has 84 valence electrons. The molecule has 3 N–H and O–H groups in total. The van der Waals surface area contributed by atoms with Gasteiger partial charge < -0.3 is 15.4 Å². The van der Waals surface area contributed by atoms with Crippen LogP contribution >= 0.6 is 0 Å². The molecule has 1 unspecified atom stereocenters. The van der Waals surface area contributed by atoms with Crippen LogP contribution in [-0.4, -0.2) is 44.1 Å². The SMILES string of the molecule is CCOCCCN(C)CC(C)C(=N)N. The fraction of sp³-hybridized carbons (Fsp3) is 0.900. The lowest BCUT2D eigenvalue weighted by Gasteiger charge is -2.20. The van der Waals surface area contributed by atoms with Crippen molar-refractivity contribution in [2.45, 2.75) is 20.3 Å². The van der Waals surface area contributed by atoms with Crippen LogP contribution in [0.3, 0.4) is 0 Å². The summed E-state index contributed by atoms with van der Waals surface area (Å²) in [5.74, 6) is 0.411. The Hall–Kier alpha value is -0.610. The molecule has 0 saturated heterocycles. The van der Waals surface area contributed by atoms with Crippen molar-refractivity contribution in [3.05, 3.63) is 0 Å². The first-order chi connectivity index (χ1) is 6.57. The van der Waals surface area contributed by atoms with Gasteiger partial charge in [0.05, 0.1) is 5.84 Å². The lowest BCUT2D eigenvalue weighted by molar-refractivity contribution is 0.135. The minimum atomic E-state index is 0.145. The van der Waals surface area contributed by atoms with Gasteiger partial charge in [-0.3, -0.25) is 5.41 Å². The van der Waals surface area contributed by atoms with E-state index in [1.807, 2.05) is 20.9 Å². The average Bonchev–Trinajstić information content (AvgIpc) is 2.12. The van der Waals surface area contributed by atoms with Gasteiger partial charge in [0.1, 0.15) is 0 Å². The molecule has 0 aromatic heterocycles. The van der Waals surface area contributed by atoms with Crippen LogP contribution in [0, 0.1) is 11.3 Å². The highest BCUT2D eigenvalue weighted by atomic mass is 16.5. The molecule has 0 aliphatic rings. The van der Waals surface area contributed by atoms with Crippen LogP contribution in [0.15, 0.2) is 0 Å². The molecular weight excluding hydrogens is 178 g/mol. The number of nitrogens with zero attached hydrogens (tertiary/aromatic N) is 1. The third-order valence-corrected chi connectivity index (χ3v) is 2.15. The Labute approximate surface area is 86.9 Å². The summed E-state index contributed by atoms with van der Waals surface area (Å²) in [6.07, 6.45) is 1.04. The second-order valence-electron chi connectivity index (χ2n) is 3.67. The summed E-state index contributed by atoms with van der Waals surface area (Å²) in [5, 5.41) is 7.26. The minimum Gasteiger partial charge on any atom is -0.387 e. The number of hydrogen-bond acceptors (Lipinski definition) is 3. The molecule has 0 aromatic rings. The van der Waals surface area contributed by atoms with E-state index in [0.29, 0.717) is 0 Å². The quantitative estimate of drug-likeness (QED) is 0.349. The van der Waals surface area contributed by atoms with Crippen molar-refractivity contribution in [2.75, 3.05) is 33.4 Å².